The molecule has 0 saturated carbocycles. The quantitative estimate of drug-likeness (QED) is 0.759. The van der Waals surface area contributed by atoms with Crippen LogP contribution in [0.25, 0.3) is 16.9 Å². The van der Waals surface area contributed by atoms with Crippen molar-refractivity contribution in [2.75, 3.05) is 5.73 Å². The van der Waals surface area contributed by atoms with Crippen LogP contribution in [-0.2, 0) is 0 Å². The number of nitrogen functional groups attached to an aromatic ring is 1. The molecule has 2 aromatic carbocycles. The topological polar surface area (TPSA) is 77.0 Å². The Bertz CT molecular complexity index is 816. The summed E-state index contributed by atoms with van der Waals surface area (Å²) < 4.78 is 27.5. The number of phenols is 1. The number of aromatic nitrogens is 3. The number of nitrogens with zero attached hydrogens (tertiary/aromatic N) is 3. The molecule has 5 nitrogen and oxygen atoms in total. The molecule has 3 rings (SSSR count). The molecule has 0 fully saturated rings. The third kappa shape index (κ3) is 2.29. The molecule has 0 aliphatic heterocycles. The fourth-order valence-electron chi connectivity index (χ4n) is 1.95. The minimum atomic E-state index is -0.987. The van der Waals surface area contributed by atoms with E-state index in [0.717, 1.165) is 12.1 Å². The van der Waals surface area contributed by atoms with Crippen molar-refractivity contribution in [2.45, 2.75) is 0 Å². The maximum Gasteiger partial charge on any atom is 0.159 e. The minimum absolute atomic E-state index is 0.0526. The molecule has 0 aliphatic carbocycles. The molecule has 0 unspecified atom stereocenters. The molecule has 0 aliphatic rings. The van der Waals surface area contributed by atoms with Crippen molar-refractivity contribution >= 4 is 5.82 Å². The van der Waals surface area contributed by atoms with Crippen LogP contribution in [0.4, 0.5) is 14.6 Å². The highest BCUT2D eigenvalue weighted by molar-refractivity contribution is 5.71. The van der Waals surface area contributed by atoms with Gasteiger partial charge in [-0.15, -0.1) is 5.10 Å². The Morgan fingerprint density at radius 1 is 1.05 bits per heavy atom. The molecule has 0 saturated heterocycles. The van der Waals surface area contributed by atoms with E-state index in [2.05, 4.69) is 10.3 Å². The van der Waals surface area contributed by atoms with Crippen LogP contribution in [-0.4, -0.2) is 20.1 Å². The average Bonchev–Trinajstić information content (AvgIpc) is 2.84. The number of halogens is 2. The average molecular weight is 288 g/mol. The summed E-state index contributed by atoms with van der Waals surface area (Å²) in [5, 5.41) is 17.2. The lowest BCUT2D eigenvalue weighted by Gasteiger charge is -2.04. The van der Waals surface area contributed by atoms with E-state index in [1.807, 2.05) is 0 Å². The van der Waals surface area contributed by atoms with Gasteiger partial charge in [-0.05, 0) is 30.3 Å². The van der Waals surface area contributed by atoms with E-state index < -0.39 is 11.6 Å². The Kier molecular flexibility index (Phi) is 3.02. The van der Waals surface area contributed by atoms with Gasteiger partial charge in [-0.2, -0.15) is 4.68 Å². The fraction of sp³-hybridized carbons (Fsp3) is 0. The van der Waals surface area contributed by atoms with E-state index in [-0.39, 0.29) is 17.3 Å². The summed E-state index contributed by atoms with van der Waals surface area (Å²) in [6.07, 6.45) is 0. The molecule has 7 heteroatoms. The fourth-order valence-corrected chi connectivity index (χ4v) is 1.95. The smallest absolute Gasteiger partial charge is 0.159 e. The summed E-state index contributed by atoms with van der Waals surface area (Å²) in [6.45, 7) is 0. The van der Waals surface area contributed by atoms with E-state index >= 15 is 0 Å². The van der Waals surface area contributed by atoms with Crippen molar-refractivity contribution < 1.29 is 13.9 Å². The third-order valence-electron chi connectivity index (χ3n) is 2.97. The van der Waals surface area contributed by atoms with E-state index in [9.17, 15) is 13.9 Å². The Labute approximate surface area is 118 Å². The summed E-state index contributed by atoms with van der Waals surface area (Å²) in [5.74, 6) is -1.72. The van der Waals surface area contributed by atoms with E-state index in [1.165, 1.54) is 22.9 Å². The number of aromatic hydroxyl groups is 1. The number of rotatable bonds is 2. The summed E-state index contributed by atoms with van der Waals surface area (Å²) in [4.78, 5) is 0. The second kappa shape index (κ2) is 4.86. The molecule has 21 heavy (non-hydrogen) atoms. The van der Waals surface area contributed by atoms with E-state index in [0.29, 0.717) is 11.3 Å². The molecule has 0 radical (unpaired) electrons. The SMILES string of the molecule is Nc1c(-c2ccc(F)c(F)c2)nnn1-c1cccc(O)c1. The Balaban J connectivity index is 2.09. The van der Waals surface area contributed by atoms with Gasteiger partial charge in [-0.3, -0.25) is 0 Å². The minimum Gasteiger partial charge on any atom is -0.508 e. The lowest BCUT2D eigenvalue weighted by Crippen LogP contribution is -2.02. The lowest BCUT2D eigenvalue weighted by atomic mass is 10.1. The summed E-state index contributed by atoms with van der Waals surface area (Å²) >= 11 is 0. The molecule has 106 valence electrons. The number of benzene rings is 2. The van der Waals surface area contributed by atoms with Gasteiger partial charge in [0, 0.05) is 11.6 Å². The van der Waals surface area contributed by atoms with Crippen LogP contribution in [0.5, 0.6) is 5.75 Å². The Hall–Kier alpha value is -2.96. The van der Waals surface area contributed by atoms with Crippen LogP contribution in [0.2, 0.25) is 0 Å². The van der Waals surface area contributed by atoms with Crippen LogP contribution in [0.15, 0.2) is 42.5 Å². The Morgan fingerprint density at radius 3 is 2.57 bits per heavy atom. The third-order valence-corrected chi connectivity index (χ3v) is 2.97. The number of phenolic OH excluding ortho intramolecular Hbond substituents is 1. The highest BCUT2D eigenvalue weighted by Gasteiger charge is 2.15. The summed E-state index contributed by atoms with van der Waals surface area (Å²) in [7, 11) is 0. The molecule has 3 N–H and O–H groups in total. The van der Waals surface area contributed by atoms with Gasteiger partial charge >= 0.3 is 0 Å². The van der Waals surface area contributed by atoms with Crippen molar-refractivity contribution in [3.63, 3.8) is 0 Å². The second-order valence-electron chi connectivity index (χ2n) is 4.38. The standard InChI is InChI=1S/C14H10F2N4O/c15-11-5-4-8(6-12(11)16)13-14(17)20(19-18-13)9-2-1-3-10(21)7-9/h1-7,21H,17H2. The van der Waals surface area contributed by atoms with Crippen LogP contribution in [0.3, 0.4) is 0 Å². The van der Waals surface area contributed by atoms with Gasteiger partial charge in [0.05, 0.1) is 5.69 Å². The maximum absolute atomic E-state index is 13.3. The van der Waals surface area contributed by atoms with Crippen molar-refractivity contribution in [3.05, 3.63) is 54.1 Å². The van der Waals surface area contributed by atoms with Crippen molar-refractivity contribution in [2.24, 2.45) is 0 Å². The Morgan fingerprint density at radius 2 is 1.86 bits per heavy atom. The summed E-state index contributed by atoms with van der Waals surface area (Å²) in [5.41, 5.74) is 7.00. The molecule has 0 spiro atoms. The first kappa shape index (κ1) is 13.0. The molecular formula is C14H10F2N4O. The number of hydrogen-bond donors (Lipinski definition) is 2. The normalized spacial score (nSPS) is 10.8. The van der Waals surface area contributed by atoms with Crippen LogP contribution in [0.1, 0.15) is 0 Å². The molecule has 3 aromatic rings. The molecule has 1 heterocycles. The van der Waals surface area contributed by atoms with Gasteiger partial charge < -0.3 is 10.8 Å². The van der Waals surface area contributed by atoms with Gasteiger partial charge in [0.25, 0.3) is 0 Å². The predicted octanol–water partition coefficient (Wildman–Crippen LogP) is 2.50. The molecule has 0 bridgehead atoms. The van der Waals surface area contributed by atoms with Gasteiger partial charge in [-0.25, -0.2) is 8.78 Å². The zero-order chi connectivity index (χ0) is 15.0. The number of nitrogens with two attached hydrogens (primary N) is 1. The van der Waals surface area contributed by atoms with Gasteiger partial charge in [0.1, 0.15) is 11.4 Å². The van der Waals surface area contributed by atoms with Gasteiger partial charge in [-0.1, -0.05) is 11.3 Å². The van der Waals surface area contributed by atoms with Gasteiger partial charge in [0.15, 0.2) is 17.5 Å². The van der Waals surface area contributed by atoms with E-state index in [1.54, 1.807) is 12.1 Å². The first-order valence-electron chi connectivity index (χ1n) is 6.02. The van der Waals surface area contributed by atoms with Crippen LogP contribution in [0, 0.1) is 11.6 Å². The van der Waals surface area contributed by atoms with E-state index in [4.69, 9.17) is 5.73 Å². The van der Waals surface area contributed by atoms with Crippen molar-refractivity contribution in [1.82, 2.24) is 15.0 Å². The van der Waals surface area contributed by atoms with Crippen molar-refractivity contribution in [3.8, 4) is 22.7 Å². The molecule has 0 atom stereocenters. The lowest BCUT2D eigenvalue weighted by molar-refractivity contribution is 0.475. The highest BCUT2D eigenvalue weighted by Crippen LogP contribution is 2.27. The van der Waals surface area contributed by atoms with Crippen LogP contribution < -0.4 is 5.73 Å². The van der Waals surface area contributed by atoms with Crippen LogP contribution >= 0.6 is 0 Å². The first-order valence-corrected chi connectivity index (χ1v) is 6.02. The monoisotopic (exact) mass is 288 g/mol. The predicted molar refractivity (Wildman–Crippen MR) is 72.8 cm³/mol. The second-order valence-corrected chi connectivity index (χ2v) is 4.38. The molecule has 0 amide bonds. The highest BCUT2D eigenvalue weighted by atomic mass is 19.2. The zero-order valence-electron chi connectivity index (χ0n) is 10.7. The largest absolute Gasteiger partial charge is 0.508 e. The summed E-state index contributed by atoms with van der Waals surface area (Å²) in [6, 6.07) is 9.64. The first-order chi connectivity index (χ1) is 10.1. The molecule has 1 aromatic heterocycles. The number of anilines is 1. The molecular weight excluding hydrogens is 278 g/mol. The number of hydrogen-bond acceptors (Lipinski definition) is 4. The van der Waals surface area contributed by atoms with Gasteiger partial charge in [0.2, 0.25) is 0 Å². The van der Waals surface area contributed by atoms with Crippen molar-refractivity contribution in [1.29, 1.82) is 0 Å². The maximum atomic E-state index is 13.3. The zero-order valence-corrected chi connectivity index (χ0v) is 10.7.